The summed E-state index contributed by atoms with van der Waals surface area (Å²) < 4.78 is 0. The van der Waals surface area contributed by atoms with Gasteiger partial charge in [0.2, 0.25) is 0 Å². The zero-order chi connectivity index (χ0) is 17.7. The van der Waals surface area contributed by atoms with Crippen molar-refractivity contribution in [1.82, 2.24) is 4.98 Å². The Kier molecular flexibility index (Phi) is 4.28. The van der Waals surface area contributed by atoms with E-state index < -0.39 is 0 Å². The lowest BCUT2D eigenvalue weighted by atomic mass is 9.48. The van der Waals surface area contributed by atoms with Gasteiger partial charge in [-0.2, -0.15) is 0 Å². The molecule has 1 heterocycles. The summed E-state index contributed by atoms with van der Waals surface area (Å²) in [4.78, 5) is 4.35. The maximum absolute atomic E-state index is 10.8. The lowest BCUT2D eigenvalue weighted by Gasteiger charge is -2.57. The van der Waals surface area contributed by atoms with Gasteiger partial charge in [-0.05, 0) is 90.9 Å². The van der Waals surface area contributed by atoms with Crippen LogP contribution in [0.1, 0.15) is 57.9 Å². The van der Waals surface area contributed by atoms with E-state index in [0.29, 0.717) is 24.3 Å². The van der Waals surface area contributed by atoms with Crippen LogP contribution >= 0.6 is 0 Å². The van der Waals surface area contributed by atoms with Gasteiger partial charge in [0.1, 0.15) is 0 Å². The fourth-order valence-electron chi connectivity index (χ4n) is 6.64. The maximum Gasteiger partial charge on any atom is 0.0597 e. The molecule has 3 N–H and O–H groups in total. The van der Waals surface area contributed by atoms with E-state index in [4.69, 9.17) is 5.73 Å². The van der Waals surface area contributed by atoms with Crippen LogP contribution in [0.5, 0.6) is 0 Å². The highest BCUT2D eigenvalue weighted by Gasteiger charge is 2.57. The molecule has 0 aliphatic heterocycles. The number of fused-ring (bicyclic) bond motifs is 3. The predicted octanol–water partition coefficient (Wildman–Crippen LogP) is 4.03. The van der Waals surface area contributed by atoms with E-state index in [-0.39, 0.29) is 16.9 Å². The lowest BCUT2D eigenvalue weighted by molar-refractivity contribution is -0.117. The number of aliphatic hydroxyl groups excluding tert-OH is 1. The van der Waals surface area contributed by atoms with E-state index in [2.05, 4.69) is 31.0 Å². The molecule has 4 rings (SSSR count). The standard InChI is InChI=1S/C22H32N2O/c1-21-10-9-19-16(5-8-20(25)22(19,2)11-12-23)18(21)7-6-17(21)15-4-3-13-24-14-15/h3-4,6,13-14,16,18-20,25H,5,7-12,23H2,1-2H3/t16-,18-,19-,20+,21+,22+/m0/s1. The van der Waals surface area contributed by atoms with Crippen molar-refractivity contribution >= 4 is 5.57 Å². The average molecular weight is 341 g/mol. The molecule has 0 radical (unpaired) electrons. The number of nitrogens with zero attached hydrogens (tertiary/aromatic N) is 1. The summed E-state index contributed by atoms with van der Waals surface area (Å²) in [6.07, 6.45) is 12.8. The van der Waals surface area contributed by atoms with Gasteiger partial charge in [-0.15, -0.1) is 0 Å². The van der Waals surface area contributed by atoms with Crippen LogP contribution < -0.4 is 5.73 Å². The summed E-state index contributed by atoms with van der Waals surface area (Å²) in [5, 5.41) is 10.8. The number of aliphatic hydroxyl groups is 1. The van der Waals surface area contributed by atoms with Crippen molar-refractivity contribution in [2.75, 3.05) is 6.54 Å². The zero-order valence-electron chi connectivity index (χ0n) is 15.6. The number of pyridine rings is 1. The normalized spacial score (nSPS) is 43.3. The predicted molar refractivity (Wildman–Crippen MR) is 102 cm³/mol. The van der Waals surface area contributed by atoms with Crippen molar-refractivity contribution in [3.8, 4) is 0 Å². The third-order valence-corrected chi connectivity index (χ3v) is 8.06. The highest BCUT2D eigenvalue weighted by Crippen LogP contribution is 2.64. The lowest BCUT2D eigenvalue weighted by Crippen LogP contribution is -2.53. The number of allylic oxidation sites excluding steroid dienone is 2. The number of rotatable bonds is 3. The Morgan fingerprint density at radius 1 is 1.24 bits per heavy atom. The molecule has 0 aromatic carbocycles. The third kappa shape index (κ3) is 2.50. The quantitative estimate of drug-likeness (QED) is 0.873. The van der Waals surface area contributed by atoms with Gasteiger partial charge < -0.3 is 10.8 Å². The van der Waals surface area contributed by atoms with Crippen LogP contribution in [0, 0.1) is 28.6 Å². The van der Waals surface area contributed by atoms with E-state index >= 15 is 0 Å². The molecule has 3 heteroatoms. The van der Waals surface area contributed by atoms with Gasteiger partial charge in [0.25, 0.3) is 0 Å². The third-order valence-electron chi connectivity index (χ3n) is 8.06. The van der Waals surface area contributed by atoms with Crippen LogP contribution in [0.25, 0.3) is 5.57 Å². The molecule has 3 aliphatic carbocycles. The van der Waals surface area contributed by atoms with Crippen molar-refractivity contribution in [2.45, 2.75) is 58.5 Å². The van der Waals surface area contributed by atoms with Crippen molar-refractivity contribution in [3.63, 3.8) is 0 Å². The molecule has 0 saturated heterocycles. The maximum atomic E-state index is 10.8. The largest absolute Gasteiger partial charge is 0.393 e. The van der Waals surface area contributed by atoms with Crippen LogP contribution in [-0.4, -0.2) is 22.7 Å². The molecule has 2 saturated carbocycles. The minimum absolute atomic E-state index is 0.00392. The van der Waals surface area contributed by atoms with Crippen molar-refractivity contribution < 1.29 is 5.11 Å². The molecule has 2 fully saturated rings. The molecule has 3 aliphatic rings. The number of aromatic nitrogens is 1. The van der Waals surface area contributed by atoms with Crippen LogP contribution in [0.3, 0.4) is 0 Å². The number of hydrogen-bond acceptors (Lipinski definition) is 3. The second-order valence-corrected chi connectivity index (χ2v) is 9.07. The number of hydrogen-bond donors (Lipinski definition) is 2. The highest BCUT2D eigenvalue weighted by atomic mass is 16.3. The SMILES string of the molecule is C[C@]1(CCN)[C@H](O)CC[C@@H]2[C@@H]1CC[C@]1(C)C(c3cccnc3)=CC[C@@H]21. The summed E-state index contributed by atoms with van der Waals surface area (Å²) in [5.41, 5.74) is 8.99. The first-order valence-electron chi connectivity index (χ1n) is 10.00. The first-order chi connectivity index (χ1) is 12.0. The van der Waals surface area contributed by atoms with Crippen molar-refractivity contribution in [2.24, 2.45) is 34.3 Å². The second-order valence-electron chi connectivity index (χ2n) is 9.07. The molecule has 1 aromatic heterocycles. The van der Waals surface area contributed by atoms with Crippen LogP contribution in [-0.2, 0) is 0 Å². The Morgan fingerprint density at radius 2 is 2.08 bits per heavy atom. The van der Waals surface area contributed by atoms with Gasteiger partial charge in [0, 0.05) is 12.4 Å². The number of nitrogens with two attached hydrogens (primary N) is 1. The molecule has 6 atom stereocenters. The molecule has 0 spiro atoms. The smallest absolute Gasteiger partial charge is 0.0597 e. The molecule has 0 amide bonds. The van der Waals surface area contributed by atoms with Crippen molar-refractivity contribution in [1.29, 1.82) is 0 Å². The van der Waals surface area contributed by atoms with Gasteiger partial charge in [-0.1, -0.05) is 26.0 Å². The molecule has 1 aromatic rings. The topological polar surface area (TPSA) is 59.1 Å². The van der Waals surface area contributed by atoms with Gasteiger partial charge in [-0.3, -0.25) is 4.98 Å². The van der Waals surface area contributed by atoms with Crippen LogP contribution in [0.4, 0.5) is 0 Å². The van der Waals surface area contributed by atoms with Gasteiger partial charge in [-0.25, -0.2) is 0 Å². The summed E-state index contributed by atoms with van der Waals surface area (Å²) in [6.45, 7) is 5.46. The van der Waals surface area contributed by atoms with Gasteiger partial charge in [0.05, 0.1) is 6.10 Å². The van der Waals surface area contributed by atoms with E-state index in [1.165, 1.54) is 36.8 Å². The van der Waals surface area contributed by atoms with Crippen molar-refractivity contribution in [3.05, 3.63) is 36.2 Å². The highest BCUT2D eigenvalue weighted by molar-refractivity contribution is 5.72. The second kappa shape index (κ2) is 6.21. The Morgan fingerprint density at radius 3 is 2.80 bits per heavy atom. The van der Waals surface area contributed by atoms with Crippen LogP contribution in [0.15, 0.2) is 30.6 Å². The minimum Gasteiger partial charge on any atom is -0.393 e. The summed E-state index contributed by atoms with van der Waals surface area (Å²) >= 11 is 0. The van der Waals surface area contributed by atoms with Gasteiger partial charge in [0.15, 0.2) is 0 Å². The molecular weight excluding hydrogens is 308 g/mol. The molecule has 3 nitrogen and oxygen atoms in total. The fraction of sp³-hybridized carbons (Fsp3) is 0.682. The fourth-order valence-corrected chi connectivity index (χ4v) is 6.64. The van der Waals surface area contributed by atoms with Gasteiger partial charge >= 0.3 is 0 Å². The summed E-state index contributed by atoms with van der Waals surface area (Å²) in [6, 6.07) is 4.26. The average Bonchev–Trinajstić information content (AvgIpc) is 2.96. The Hall–Kier alpha value is -1.19. The first kappa shape index (κ1) is 17.2. The molecule has 25 heavy (non-hydrogen) atoms. The molecule has 0 bridgehead atoms. The first-order valence-corrected chi connectivity index (χ1v) is 10.00. The van der Waals surface area contributed by atoms with Crippen LogP contribution in [0.2, 0.25) is 0 Å². The zero-order valence-corrected chi connectivity index (χ0v) is 15.6. The summed E-state index contributed by atoms with van der Waals surface area (Å²) in [5.74, 6) is 2.02. The monoisotopic (exact) mass is 340 g/mol. The van der Waals surface area contributed by atoms with E-state index in [0.717, 1.165) is 12.8 Å². The summed E-state index contributed by atoms with van der Waals surface area (Å²) in [7, 11) is 0. The molecular formula is C22H32N2O. The van der Waals surface area contributed by atoms with E-state index in [9.17, 15) is 5.11 Å². The molecule has 136 valence electrons. The van der Waals surface area contributed by atoms with E-state index in [1.54, 1.807) is 0 Å². The minimum atomic E-state index is -0.186. The Bertz CT molecular complexity index is 657. The van der Waals surface area contributed by atoms with E-state index in [1.807, 2.05) is 18.5 Å². The Labute approximate surface area is 151 Å². The Balaban J connectivity index is 1.64. The molecule has 0 unspecified atom stereocenters.